The molecule has 0 unspecified atom stereocenters. The van der Waals surface area contributed by atoms with E-state index >= 15 is 0 Å². The summed E-state index contributed by atoms with van der Waals surface area (Å²) in [5, 5.41) is 16.7. The fourth-order valence-electron chi connectivity index (χ4n) is 1.22. The maximum atomic E-state index is 11.2. The van der Waals surface area contributed by atoms with Crippen LogP contribution in [0, 0.1) is 10.1 Å². The van der Waals surface area contributed by atoms with E-state index in [0.29, 0.717) is 12.3 Å². The Bertz CT molecular complexity index is 685. The third kappa shape index (κ3) is 33.7. The van der Waals surface area contributed by atoms with Crippen molar-refractivity contribution in [3.05, 3.63) is 34.1 Å². The van der Waals surface area contributed by atoms with Crippen LogP contribution < -0.4 is 35.6 Å². The minimum absolute atomic E-state index is 0. The van der Waals surface area contributed by atoms with Gasteiger partial charge in [-0.2, -0.15) is 5.10 Å². The molecule has 0 saturated heterocycles. The minimum Gasteiger partial charge on any atom is -1.00 e. The maximum absolute atomic E-state index is 11.2. The van der Waals surface area contributed by atoms with Crippen LogP contribution in [-0.4, -0.2) is 57.2 Å². The van der Waals surface area contributed by atoms with E-state index in [-0.39, 0.29) is 56.2 Å². The second-order valence-corrected chi connectivity index (χ2v) is 8.24. The summed E-state index contributed by atoms with van der Waals surface area (Å²) in [7, 11) is -1.22. The number of hydrazone groups is 1. The first-order valence-electron chi connectivity index (χ1n) is 8.08. The van der Waals surface area contributed by atoms with Crippen LogP contribution in [0.1, 0.15) is 25.5 Å². The van der Waals surface area contributed by atoms with Crippen molar-refractivity contribution < 1.29 is 66.8 Å². The first-order chi connectivity index (χ1) is 13.1. The van der Waals surface area contributed by atoms with Crippen molar-refractivity contribution in [3.63, 3.8) is 0 Å². The number of urea groups is 1. The number of amides is 2. The normalized spacial score (nSPS) is 9.39. The fourth-order valence-corrected chi connectivity index (χ4v) is 1.22. The number of nitrogens with one attached hydrogen (secondary N) is 2. The molecule has 10 nitrogen and oxygen atoms in total. The van der Waals surface area contributed by atoms with Crippen molar-refractivity contribution in [2.75, 3.05) is 31.6 Å². The molecule has 0 fully saturated rings. The van der Waals surface area contributed by atoms with Crippen LogP contribution in [0.5, 0.6) is 0 Å². The zero-order valence-electron chi connectivity index (χ0n) is 17.8. The molecule has 1 heterocycles. The summed E-state index contributed by atoms with van der Waals surface area (Å²) >= 11 is 0. The summed E-state index contributed by atoms with van der Waals surface area (Å²) in [5.41, 5.74) is 2.28. The number of hydrogen-bond acceptors (Lipinski definition) is 7. The van der Waals surface area contributed by atoms with Gasteiger partial charge in [-0.05, 0) is 24.6 Å². The molecular formula is C16H28Cl2N4O6RuS2. The Hall–Kier alpha value is -1.14. The van der Waals surface area contributed by atoms with Gasteiger partial charge in [0.05, 0.1) is 6.07 Å². The predicted molar refractivity (Wildman–Crippen MR) is 114 cm³/mol. The molecule has 0 saturated carbocycles. The molecule has 0 aliphatic carbocycles. The maximum Gasteiger partial charge on any atom is 2.00 e. The van der Waals surface area contributed by atoms with Gasteiger partial charge >= 0.3 is 31.4 Å². The van der Waals surface area contributed by atoms with Crippen LogP contribution >= 0.6 is 0 Å². The third-order valence-corrected chi connectivity index (χ3v) is 2.20. The van der Waals surface area contributed by atoms with Gasteiger partial charge < -0.3 is 34.5 Å². The average Bonchev–Trinajstić information content (AvgIpc) is 3.03. The summed E-state index contributed by atoms with van der Waals surface area (Å²) in [4.78, 5) is 20.9. The third-order valence-electron chi connectivity index (χ3n) is 2.20. The topological polar surface area (TPSA) is 144 Å². The molecule has 0 spiro atoms. The van der Waals surface area contributed by atoms with Gasteiger partial charge in [0.15, 0.2) is 0 Å². The molecule has 2 amide bonds. The van der Waals surface area contributed by atoms with Gasteiger partial charge in [-0.3, -0.25) is 18.5 Å². The molecule has 0 radical (unpaired) electrons. The van der Waals surface area contributed by atoms with Gasteiger partial charge in [0.2, 0.25) is 0 Å². The first-order valence-corrected chi connectivity index (χ1v) is 12.0. The number of carbonyl (C=O) groups is 1. The monoisotopic (exact) mass is 608 g/mol. The van der Waals surface area contributed by atoms with Gasteiger partial charge in [0.25, 0.3) is 0 Å². The predicted octanol–water partition coefficient (Wildman–Crippen LogP) is -3.72. The summed E-state index contributed by atoms with van der Waals surface area (Å²) in [6.45, 7) is 2.63. The van der Waals surface area contributed by atoms with Crippen molar-refractivity contribution in [1.29, 1.82) is 0 Å². The number of halogens is 2. The summed E-state index contributed by atoms with van der Waals surface area (Å²) in [6, 6.07) is 2.35. The van der Waals surface area contributed by atoms with Crippen LogP contribution in [0.3, 0.4) is 0 Å². The molecule has 0 bridgehead atoms. The van der Waals surface area contributed by atoms with E-state index in [1.165, 1.54) is 30.5 Å². The SMILES string of the molecule is CCCCNC(=O)N/N=C\C=C\c1ccc([N+](=O)[O-])o1.CS(C)=O.CS(C)=O.[Cl-].[Cl-].[Ru+2]. The van der Waals surface area contributed by atoms with Gasteiger partial charge in [-0.15, -0.1) is 0 Å². The number of hydrogen-bond donors (Lipinski definition) is 2. The standard InChI is InChI=1S/C12H16N4O4.2C2H6OS.2ClH.Ru/c1-2-3-8-13-12(17)15-14-9-4-5-10-6-7-11(20-10)16(18)19;2*1-4(2)3;;;/h4-7,9H,2-3,8H2,1H3,(H2,13,15,17);2*1-2H3;2*1H;/q;;;;;+2/p-2/b5-4+,14-9-;;;;;. The second kappa shape index (κ2) is 26.9. The smallest absolute Gasteiger partial charge is 1.00 e. The number of carbonyl (C=O) groups excluding carboxylic acids is 1. The fraction of sp³-hybridized carbons (Fsp3) is 0.500. The number of nitro groups is 1. The molecule has 31 heavy (non-hydrogen) atoms. The van der Waals surface area contributed by atoms with Crippen LogP contribution in [0.2, 0.25) is 0 Å². The zero-order chi connectivity index (χ0) is 21.9. The quantitative estimate of drug-likeness (QED) is 0.107. The van der Waals surface area contributed by atoms with Crippen molar-refractivity contribution in [3.8, 4) is 0 Å². The van der Waals surface area contributed by atoms with Gasteiger partial charge in [0, 0.05) is 59.4 Å². The summed E-state index contributed by atoms with van der Waals surface area (Å²) in [5.74, 6) is 0.00515. The average molecular weight is 609 g/mol. The number of furan rings is 1. The largest absolute Gasteiger partial charge is 2.00 e. The van der Waals surface area contributed by atoms with E-state index in [9.17, 15) is 23.3 Å². The van der Waals surface area contributed by atoms with Crippen molar-refractivity contribution in [2.24, 2.45) is 5.10 Å². The summed E-state index contributed by atoms with van der Waals surface area (Å²) < 4.78 is 24.0. The van der Waals surface area contributed by atoms with Crippen LogP contribution in [0.4, 0.5) is 10.7 Å². The molecule has 1 aromatic heterocycles. The Labute approximate surface area is 213 Å². The zero-order valence-corrected chi connectivity index (χ0v) is 22.7. The Morgan fingerprint density at radius 1 is 1.19 bits per heavy atom. The van der Waals surface area contributed by atoms with Crippen LogP contribution in [0.15, 0.2) is 27.7 Å². The molecule has 0 aliphatic heterocycles. The van der Waals surface area contributed by atoms with Crippen molar-refractivity contribution >= 4 is 45.8 Å². The second-order valence-electron chi connectivity index (χ2n) is 5.27. The molecule has 0 aromatic carbocycles. The molecule has 1 rings (SSSR count). The molecule has 0 aliphatic rings. The molecule has 2 N–H and O–H groups in total. The van der Waals surface area contributed by atoms with Crippen molar-refractivity contribution in [1.82, 2.24) is 10.7 Å². The number of allylic oxidation sites excluding steroid dienone is 1. The number of nitrogens with zero attached hydrogens (tertiary/aromatic N) is 2. The van der Waals surface area contributed by atoms with Gasteiger partial charge in [-0.25, -0.2) is 10.2 Å². The van der Waals surface area contributed by atoms with E-state index < -0.39 is 26.5 Å². The Balaban J connectivity index is -0.000000177. The van der Waals surface area contributed by atoms with E-state index in [1.807, 2.05) is 6.92 Å². The molecular weight excluding hydrogens is 580 g/mol. The number of rotatable bonds is 7. The van der Waals surface area contributed by atoms with E-state index in [2.05, 4.69) is 15.8 Å². The van der Waals surface area contributed by atoms with Gasteiger partial charge in [0.1, 0.15) is 10.7 Å². The first kappa shape index (κ1) is 40.2. The Morgan fingerprint density at radius 2 is 1.71 bits per heavy atom. The minimum atomic E-state index is -0.617. The van der Waals surface area contributed by atoms with E-state index in [4.69, 9.17) is 4.42 Å². The number of unbranched alkanes of at least 4 members (excludes halogenated alkanes) is 1. The molecule has 15 heteroatoms. The van der Waals surface area contributed by atoms with E-state index in [0.717, 1.165) is 12.8 Å². The van der Waals surface area contributed by atoms with Crippen molar-refractivity contribution in [2.45, 2.75) is 19.8 Å². The Morgan fingerprint density at radius 3 is 2.13 bits per heavy atom. The van der Waals surface area contributed by atoms with Crippen LogP contribution in [0.25, 0.3) is 6.08 Å². The Kier molecular flexibility index (Phi) is 34.9. The van der Waals surface area contributed by atoms with Crippen LogP contribution in [-0.2, 0) is 41.1 Å². The van der Waals surface area contributed by atoms with Gasteiger partial charge in [-0.1, -0.05) is 13.3 Å². The molecule has 0 atom stereocenters. The summed E-state index contributed by atoms with van der Waals surface area (Å²) in [6.07, 6.45) is 12.8. The van der Waals surface area contributed by atoms with E-state index in [1.54, 1.807) is 25.0 Å². The molecule has 182 valence electrons. The molecule has 1 aromatic rings.